The molecule has 4 nitrogen and oxygen atoms in total. The van der Waals surface area contributed by atoms with Crippen molar-refractivity contribution in [3.63, 3.8) is 0 Å². The molecule has 0 amide bonds. The molecule has 0 atom stereocenters. The Morgan fingerprint density at radius 2 is 1.58 bits per heavy atom. The van der Waals surface area contributed by atoms with Gasteiger partial charge in [0.05, 0.1) is 0 Å². The summed E-state index contributed by atoms with van der Waals surface area (Å²) in [6.45, 7) is 15.0. The molecule has 0 saturated carbocycles. The first-order valence-electron chi connectivity index (χ1n) is 6.84. The molecule has 1 heterocycles. The number of hydrogen-bond donors (Lipinski definition) is 0. The van der Waals surface area contributed by atoms with Crippen molar-refractivity contribution in [1.29, 1.82) is 0 Å². The fraction of sp³-hybridized carbons (Fsp3) is 0.692. The lowest BCUT2D eigenvalue weighted by atomic mass is 10.2. The first-order chi connectivity index (χ1) is 8.61. The molecule has 0 aromatic carbocycles. The van der Waals surface area contributed by atoms with E-state index < -0.39 is 16.6 Å². The number of aromatic nitrogens is 2. The summed E-state index contributed by atoms with van der Waals surface area (Å²) >= 11 is 0. The minimum atomic E-state index is -1.68. The molecule has 0 N–H and O–H groups in total. The van der Waals surface area contributed by atoms with E-state index in [1.165, 1.54) is 0 Å². The highest BCUT2D eigenvalue weighted by molar-refractivity contribution is 6.70. The van der Waals surface area contributed by atoms with Crippen molar-refractivity contribution >= 4 is 16.6 Å². The van der Waals surface area contributed by atoms with Crippen LogP contribution in [0.25, 0.3) is 0 Å². The van der Waals surface area contributed by atoms with Crippen molar-refractivity contribution in [2.24, 2.45) is 0 Å². The van der Waals surface area contributed by atoms with Crippen LogP contribution in [0, 0.1) is 0 Å². The average molecular weight is 299 g/mol. The molecular weight excluding hydrogens is 272 g/mol. The van der Waals surface area contributed by atoms with E-state index >= 15 is 0 Å². The molecule has 1 aromatic heterocycles. The van der Waals surface area contributed by atoms with Gasteiger partial charge in [0.25, 0.3) is 0 Å². The number of aryl methyl sites for hydroxylation is 1. The fourth-order valence-electron chi connectivity index (χ4n) is 1.52. The molecule has 0 aliphatic heterocycles. The van der Waals surface area contributed by atoms with Crippen LogP contribution in [-0.2, 0) is 6.42 Å². The molecule has 1 aromatic rings. The Kier molecular flexibility index (Phi) is 5.14. The summed E-state index contributed by atoms with van der Waals surface area (Å²) in [6, 6.07) is 0.451. The molecule has 19 heavy (non-hydrogen) atoms. The molecule has 6 heteroatoms. The van der Waals surface area contributed by atoms with Crippen molar-refractivity contribution in [3.05, 3.63) is 11.8 Å². The van der Waals surface area contributed by atoms with Crippen LogP contribution in [0.2, 0.25) is 39.3 Å². The van der Waals surface area contributed by atoms with Gasteiger partial charge in [0.1, 0.15) is 0 Å². The lowest BCUT2D eigenvalue weighted by molar-refractivity contribution is 0.470. The predicted octanol–water partition coefficient (Wildman–Crippen LogP) is 3.86. The van der Waals surface area contributed by atoms with Gasteiger partial charge in [-0.1, -0.05) is 13.3 Å². The summed E-state index contributed by atoms with van der Waals surface area (Å²) in [6.07, 6.45) is 3.84. The number of hydrogen-bond acceptors (Lipinski definition) is 4. The fourth-order valence-corrected chi connectivity index (χ4v) is 2.92. The van der Waals surface area contributed by atoms with E-state index in [1.807, 2.05) is 6.20 Å². The summed E-state index contributed by atoms with van der Waals surface area (Å²) in [5, 5.41) is 0. The Hall–Kier alpha value is -0.886. The molecule has 0 bridgehead atoms. The van der Waals surface area contributed by atoms with Crippen LogP contribution < -0.4 is 8.85 Å². The van der Waals surface area contributed by atoms with Gasteiger partial charge in [0.15, 0.2) is 0 Å². The van der Waals surface area contributed by atoms with Crippen LogP contribution in [0.15, 0.2) is 6.20 Å². The highest BCUT2D eigenvalue weighted by Gasteiger charge is 2.22. The maximum atomic E-state index is 6.06. The van der Waals surface area contributed by atoms with Gasteiger partial charge in [0.2, 0.25) is 22.5 Å². The molecule has 0 spiro atoms. The molecule has 0 unspecified atom stereocenters. The Balaban J connectivity index is 3.04. The van der Waals surface area contributed by atoms with Crippen molar-refractivity contribution in [3.8, 4) is 11.9 Å². The monoisotopic (exact) mass is 298 g/mol. The largest absolute Gasteiger partial charge is 0.531 e. The smallest absolute Gasteiger partial charge is 0.305 e. The second-order valence-electron chi connectivity index (χ2n) is 6.66. The minimum Gasteiger partial charge on any atom is -0.531 e. The highest BCUT2D eigenvalue weighted by atomic mass is 28.4. The minimum absolute atomic E-state index is 0.451. The average Bonchev–Trinajstić information content (AvgIpc) is 2.17. The summed E-state index contributed by atoms with van der Waals surface area (Å²) < 4.78 is 11.9. The quantitative estimate of drug-likeness (QED) is 0.748. The Bertz CT molecular complexity index is 426. The van der Waals surface area contributed by atoms with Crippen molar-refractivity contribution in [1.82, 2.24) is 9.97 Å². The van der Waals surface area contributed by atoms with Gasteiger partial charge in [-0.3, -0.25) is 0 Å². The van der Waals surface area contributed by atoms with E-state index in [1.54, 1.807) is 0 Å². The molecular formula is C13H26N2O2Si2. The van der Waals surface area contributed by atoms with Gasteiger partial charge in [-0.05, 0) is 45.7 Å². The first kappa shape index (κ1) is 16.2. The van der Waals surface area contributed by atoms with Crippen molar-refractivity contribution in [2.45, 2.75) is 59.0 Å². The first-order valence-corrected chi connectivity index (χ1v) is 13.7. The Morgan fingerprint density at radius 3 is 2.05 bits per heavy atom. The maximum absolute atomic E-state index is 6.06. The lowest BCUT2D eigenvalue weighted by Gasteiger charge is -2.22. The SMILES string of the molecule is CCCc1cnc(O[Si](C)(C)C)nc1O[Si](C)(C)C. The topological polar surface area (TPSA) is 44.2 Å². The summed E-state index contributed by atoms with van der Waals surface area (Å²) in [7, 11) is -3.36. The van der Waals surface area contributed by atoms with Gasteiger partial charge in [0, 0.05) is 11.8 Å². The van der Waals surface area contributed by atoms with Gasteiger partial charge in [-0.2, -0.15) is 4.98 Å². The van der Waals surface area contributed by atoms with Crippen LogP contribution in [0.5, 0.6) is 11.9 Å². The van der Waals surface area contributed by atoms with E-state index in [-0.39, 0.29) is 0 Å². The zero-order valence-corrected chi connectivity index (χ0v) is 15.2. The third-order valence-electron chi connectivity index (χ3n) is 2.12. The standard InChI is InChI=1S/C13H26N2O2Si2/c1-8-9-11-10-14-13(17-19(5,6)7)15-12(11)16-18(2,3)4/h10H,8-9H2,1-7H3. The predicted molar refractivity (Wildman–Crippen MR) is 84.0 cm³/mol. The molecule has 0 fully saturated rings. The summed E-state index contributed by atoms with van der Waals surface area (Å²) in [5.41, 5.74) is 1.08. The third-order valence-corrected chi connectivity index (χ3v) is 3.72. The van der Waals surface area contributed by atoms with Crippen LogP contribution in [0.4, 0.5) is 0 Å². The lowest BCUT2D eigenvalue weighted by Crippen LogP contribution is -2.32. The van der Waals surface area contributed by atoms with Gasteiger partial charge >= 0.3 is 6.01 Å². The van der Waals surface area contributed by atoms with Gasteiger partial charge in [-0.15, -0.1) is 0 Å². The van der Waals surface area contributed by atoms with Crippen LogP contribution in [-0.4, -0.2) is 26.6 Å². The van der Waals surface area contributed by atoms with Gasteiger partial charge < -0.3 is 8.85 Å². The van der Waals surface area contributed by atoms with Crippen LogP contribution in [0.1, 0.15) is 18.9 Å². The number of rotatable bonds is 6. The summed E-state index contributed by atoms with van der Waals surface area (Å²) in [4.78, 5) is 8.79. The molecule has 108 valence electrons. The third kappa shape index (κ3) is 6.20. The second kappa shape index (κ2) is 6.04. The molecule has 0 aliphatic rings. The summed E-state index contributed by atoms with van der Waals surface area (Å²) in [5.74, 6) is 0.712. The number of nitrogens with zero attached hydrogens (tertiary/aromatic N) is 2. The van der Waals surface area contributed by atoms with E-state index in [0.717, 1.165) is 18.4 Å². The molecule has 0 saturated heterocycles. The van der Waals surface area contributed by atoms with Crippen molar-refractivity contribution in [2.75, 3.05) is 0 Å². The van der Waals surface area contributed by atoms with E-state index in [0.29, 0.717) is 11.9 Å². The maximum Gasteiger partial charge on any atom is 0.305 e. The zero-order chi connectivity index (χ0) is 14.7. The van der Waals surface area contributed by atoms with Crippen LogP contribution >= 0.6 is 0 Å². The van der Waals surface area contributed by atoms with Crippen molar-refractivity contribution < 1.29 is 8.85 Å². The second-order valence-corrected chi connectivity index (χ2v) is 15.5. The van der Waals surface area contributed by atoms with E-state index in [2.05, 4.69) is 56.2 Å². The molecule has 0 aliphatic carbocycles. The highest BCUT2D eigenvalue weighted by Crippen LogP contribution is 2.23. The van der Waals surface area contributed by atoms with Crippen LogP contribution in [0.3, 0.4) is 0 Å². The zero-order valence-electron chi connectivity index (χ0n) is 13.2. The van der Waals surface area contributed by atoms with E-state index in [4.69, 9.17) is 8.85 Å². The normalized spacial score (nSPS) is 12.4. The Morgan fingerprint density at radius 1 is 1.00 bits per heavy atom. The Labute approximate surface area is 118 Å². The van der Waals surface area contributed by atoms with E-state index in [9.17, 15) is 0 Å². The molecule has 0 radical (unpaired) electrons. The molecule has 1 rings (SSSR count). The van der Waals surface area contributed by atoms with Gasteiger partial charge in [-0.25, -0.2) is 4.98 Å².